The summed E-state index contributed by atoms with van der Waals surface area (Å²) in [5, 5.41) is 0. The van der Waals surface area contributed by atoms with Crippen molar-refractivity contribution in [1.29, 1.82) is 0 Å². The van der Waals surface area contributed by atoms with E-state index in [1.165, 1.54) is 102 Å². The minimum atomic E-state index is -1.05. The smallest absolute Gasteiger partial charge is 0.344 e. The molecule has 0 unspecified atom stereocenters. The Bertz CT molecular complexity index is 416. The maximum Gasteiger partial charge on any atom is -0.344 e. The van der Waals surface area contributed by atoms with Crippen molar-refractivity contribution in [2.75, 3.05) is 19.5 Å². The van der Waals surface area contributed by atoms with Gasteiger partial charge in [-0.25, -0.2) is 0 Å². The van der Waals surface area contributed by atoms with Crippen molar-refractivity contribution < 1.29 is 0 Å². The quantitative estimate of drug-likeness (QED) is 0.207. The van der Waals surface area contributed by atoms with Crippen molar-refractivity contribution in [2.45, 2.75) is 103 Å². The molecule has 0 atom stereocenters. The summed E-state index contributed by atoms with van der Waals surface area (Å²) in [5.41, 5.74) is 1.55. The first kappa shape index (κ1) is 26.6. The van der Waals surface area contributed by atoms with Crippen LogP contribution in [0.5, 0.6) is 0 Å². The molecule has 0 saturated carbocycles. The summed E-state index contributed by atoms with van der Waals surface area (Å²) in [6.07, 6.45) is 23.3. The van der Waals surface area contributed by atoms with E-state index in [0.29, 0.717) is 0 Å². The van der Waals surface area contributed by atoms with Crippen LogP contribution < -0.4 is 6.15 Å². The van der Waals surface area contributed by atoms with Gasteiger partial charge in [0, 0.05) is 0 Å². The fraction of sp³-hybridized carbons (Fsp3) is 0.760. The van der Waals surface area contributed by atoms with Gasteiger partial charge < -0.3 is 6.15 Å². The van der Waals surface area contributed by atoms with Crippen molar-refractivity contribution in [2.24, 2.45) is 0 Å². The maximum atomic E-state index is 2.57. The Labute approximate surface area is 172 Å². The largest absolute Gasteiger partial charge is 0.344 e. The topological polar surface area (TPSA) is 35.0 Å². The van der Waals surface area contributed by atoms with E-state index >= 15 is 0 Å². The molecule has 0 amide bonds. The molecule has 0 bridgehead atoms. The predicted molar refractivity (Wildman–Crippen MR) is 131 cm³/mol. The van der Waals surface area contributed by atoms with Crippen LogP contribution in [0.1, 0.15) is 102 Å². The van der Waals surface area contributed by atoms with Crippen LogP contribution >= 0.6 is 7.26 Å². The molecular formula is C25H50NP. The number of hydrogen-bond donors (Lipinski definition) is 1. The first-order valence-electron chi connectivity index (χ1n) is 11.7. The maximum absolute atomic E-state index is 2.57. The summed E-state index contributed by atoms with van der Waals surface area (Å²) in [5.74, 6) is 0. The van der Waals surface area contributed by atoms with Crippen LogP contribution in [0.4, 0.5) is 0 Å². The third-order valence-electron chi connectivity index (χ3n) is 5.73. The molecule has 0 heterocycles. The molecule has 0 spiro atoms. The zero-order valence-corrected chi connectivity index (χ0v) is 19.9. The molecule has 1 nitrogen and oxygen atoms in total. The Morgan fingerprint density at radius 1 is 0.593 bits per heavy atom. The molecule has 0 saturated heterocycles. The molecule has 160 valence electrons. The van der Waals surface area contributed by atoms with Crippen LogP contribution in [0.25, 0.3) is 0 Å². The Kier molecular flexibility index (Phi) is 17.4. The van der Waals surface area contributed by atoms with Crippen molar-refractivity contribution in [1.82, 2.24) is 6.15 Å². The Morgan fingerprint density at radius 3 is 1.44 bits per heavy atom. The minimum Gasteiger partial charge on any atom is -0.344 e. The van der Waals surface area contributed by atoms with Gasteiger partial charge in [0.2, 0.25) is 0 Å². The summed E-state index contributed by atoms with van der Waals surface area (Å²) >= 11 is 0. The third-order valence-corrected chi connectivity index (χ3v) is 8.81. The standard InChI is InChI=1S/C25H47P.H3N/c1-4-5-6-7-8-9-10-11-12-13-14-15-16-20-23-26(2,3)24-25-21-18-17-19-22-25;/h17-19,21-22,26H,4-16,20,23-24H2,1-3H3;1H3. The molecule has 2 heteroatoms. The van der Waals surface area contributed by atoms with Crippen molar-refractivity contribution in [3.05, 3.63) is 35.9 Å². The Balaban J connectivity index is 0.00000676. The third kappa shape index (κ3) is 16.3. The van der Waals surface area contributed by atoms with E-state index in [1.54, 1.807) is 5.56 Å². The van der Waals surface area contributed by atoms with Gasteiger partial charge in [0.25, 0.3) is 0 Å². The van der Waals surface area contributed by atoms with E-state index in [-0.39, 0.29) is 6.15 Å². The molecule has 27 heavy (non-hydrogen) atoms. The van der Waals surface area contributed by atoms with Gasteiger partial charge >= 0.3 is 139 Å². The van der Waals surface area contributed by atoms with Crippen LogP contribution in [0, 0.1) is 0 Å². The molecule has 0 aromatic heterocycles. The van der Waals surface area contributed by atoms with Gasteiger partial charge in [0.1, 0.15) is 0 Å². The first-order chi connectivity index (χ1) is 12.6. The van der Waals surface area contributed by atoms with E-state index in [0.717, 1.165) is 0 Å². The molecule has 0 aliphatic heterocycles. The van der Waals surface area contributed by atoms with Crippen LogP contribution in [0.2, 0.25) is 0 Å². The second-order valence-corrected chi connectivity index (χ2v) is 14.4. The van der Waals surface area contributed by atoms with E-state index < -0.39 is 7.26 Å². The fourth-order valence-corrected chi connectivity index (χ4v) is 6.76. The molecule has 0 fully saturated rings. The molecule has 0 radical (unpaired) electrons. The first-order valence-corrected chi connectivity index (χ1v) is 15.1. The monoisotopic (exact) mass is 395 g/mol. The molecule has 1 aromatic carbocycles. The summed E-state index contributed by atoms with van der Waals surface area (Å²) in [6.45, 7) is 7.44. The second-order valence-electron chi connectivity index (χ2n) is 9.17. The molecule has 3 N–H and O–H groups in total. The second kappa shape index (κ2) is 17.7. The minimum absolute atomic E-state index is 0. The van der Waals surface area contributed by atoms with E-state index in [4.69, 9.17) is 0 Å². The van der Waals surface area contributed by atoms with Gasteiger partial charge in [-0.2, -0.15) is 0 Å². The zero-order chi connectivity index (χ0) is 18.9. The van der Waals surface area contributed by atoms with Gasteiger partial charge in [-0.15, -0.1) is 0 Å². The van der Waals surface area contributed by atoms with Gasteiger partial charge in [-0.05, 0) is 0 Å². The van der Waals surface area contributed by atoms with Crippen molar-refractivity contribution in [3.8, 4) is 0 Å². The van der Waals surface area contributed by atoms with Crippen LogP contribution in [-0.4, -0.2) is 19.5 Å². The average molecular weight is 396 g/mol. The van der Waals surface area contributed by atoms with Crippen LogP contribution in [0.15, 0.2) is 30.3 Å². The van der Waals surface area contributed by atoms with Gasteiger partial charge in [0.15, 0.2) is 0 Å². The molecule has 1 rings (SSSR count). The van der Waals surface area contributed by atoms with E-state index in [2.05, 4.69) is 50.6 Å². The summed E-state index contributed by atoms with van der Waals surface area (Å²) < 4.78 is 0. The van der Waals surface area contributed by atoms with Gasteiger partial charge in [-0.1, -0.05) is 26.2 Å². The molecule has 0 aliphatic carbocycles. The molecule has 1 aromatic rings. The molecular weight excluding hydrogens is 345 g/mol. The van der Waals surface area contributed by atoms with Crippen LogP contribution in [-0.2, 0) is 6.16 Å². The zero-order valence-electron chi connectivity index (χ0n) is 18.9. The Morgan fingerprint density at radius 2 is 1.00 bits per heavy atom. The number of rotatable bonds is 17. The van der Waals surface area contributed by atoms with E-state index in [9.17, 15) is 0 Å². The van der Waals surface area contributed by atoms with Gasteiger partial charge in [0.05, 0.1) is 0 Å². The summed E-state index contributed by atoms with van der Waals surface area (Å²) in [4.78, 5) is 0. The van der Waals surface area contributed by atoms with Gasteiger partial charge in [-0.3, -0.25) is 0 Å². The number of unbranched alkanes of at least 4 members (excludes halogenated alkanes) is 13. The Hall–Kier alpha value is -0.390. The normalized spacial score (nSPS) is 12.0. The number of hydrogen-bond acceptors (Lipinski definition) is 1. The predicted octanol–water partition coefficient (Wildman–Crippen LogP) is 8.84. The van der Waals surface area contributed by atoms with Crippen molar-refractivity contribution >= 4 is 7.26 Å². The van der Waals surface area contributed by atoms with E-state index in [1.807, 2.05) is 0 Å². The molecule has 0 aliphatic rings. The van der Waals surface area contributed by atoms with Crippen molar-refractivity contribution in [3.63, 3.8) is 0 Å². The fourth-order valence-electron chi connectivity index (χ4n) is 4.03. The SMILES string of the molecule is CCCCCCCCCCCCCCCC[PH](C)(C)Cc1ccccc1.N. The summed E-state index contributed by atoms with van der Waals surface area (Å²) in [7, 11) is -1.05. The number of benzene rings is 1. The summed E-state index contributed by atoms with van der Waals surface area (Å²) in [6, 6.07) is 11.1. The average Bonchev–Trinajstić information content (AvgIpc) is 2.62. The van der Waals surface area contributed by atoms with Crippen LogP contribution in [0.3, 0.4) is 0 Å².